The van der Waals surface area contributed by atoms with E-state index in [4.69, 9.17) is 9.15 Å². The molecule has 1 aliphatic heterocycles. The smallest absolute Gasteiger partial charge is 0.273 e. The third kappa shape index (κ3) is 5.75. The molecule has 3 aromatic rings. The zero-order chi connectivity index (χ0) is 25.8. The van der Waals surface area contributed by atoms with Gasteiger partial charge < -0.3 is 19.4 Å². The van der Waals surface area contributed by atoms with Crippen molar-refractivity contribution in [3.63, 3.8) is 0 Å². The van der Waals surface area contributed by atoms with Crippen molar-refractivity contribution in [2.24, 2.45) is 11.8 Å². The number of rotatable bonds is 8. The van der Waals surface area contributed by atoms with Crippen LogP contribution in [0.4, 0.5) is 4.39 Å². The second kappa shape index (κ2) is 10.9. The third-order valence-corrected chi connectivity index (χ3v) is 6.10. The largest absolute Gasteiger partial charge is 0.484 e. The molecule has 1 aromatic heterocycles. The lowest BCUT2D eigenvalue weighted by atomic mass is 9.87. The van der Waals surface area contributed by atoms with Crippen LogP contribution in [-0.2, 0) is 17.8 Å². The van der Waals surface area contributed by atoms with E-state index in [1.165, 1.54) is 18.4 Å². The van der Waals surface area contributed by atoms with Crippen LogP contribution >= 0.6 is 0 Å². The summed E-state index contributed by atoms with van der Waals surface area (Å²) in [7, 11) is 0. The van der Waals surface area contributed by atoms with Gasteiger partial charge in [0.1, 0.15) is 17.8 Å². The number of halogens is 1. The SMILES string of the molecule is CC(C)CNC(=O)c1coc(COc2ccc3c(c2)[C@@H](c2cccc(F)c2)N(C(=O)C(C)C)CC3)n1. The number of amides is 2. The van der Waals surface area contributed by atoms with Crippen molar-refractivity contribution in [3.8, 4) is 5.75 Å². The molecule has 4 rings (SSSR count). The molecule has 0 radical (unpaired) electrons. The van der Waals surface area contributed by atoms with Gasteiger partial charge in [-0.1, -0.05) is 45.9 Å². The quantitative estimate of drug-likeness (QED) is 0.482. The number of ether oxygens (including phenoxy) is 1. The molecule has 2 amide bonds. The molecule has 1 N–H and O–H groups in total. The van der Waals surface area contributed by atoms with Crippen molar-refractivity contribution < 1.29 is 23.1 Å². The monoisotopic (exact) mass is 493 g/mol. The number of oxazole rings is 1. The molecule has 0 saturated heterocycles. The normalized spacial score (nSPS) is 15.2. The highest BCUT2D eigenvalue weighted by Crippen LogP contribution is 2.38. The minimum atomic E-state index is -0.416. The fourth-order valence-corrected chi connectivity index (χ4v) is 4.30. The van der Waals surface area contributed by atoms with E-state index in [0.717, 1.165) is 11.1 Å². The van der Waals surface area contributed by atoms with E-state index < -0.39 is 6.04 Å². The molecule has 8 heteroatoms. The molecule has 1 aliphatic rings. The predicted molar refractivity (Wildman–Crippen MR) is 133 cm³/mol. The van der Waals surface area contributed by atoms with Gasteiger partial charge in [0, 0.05) is 19.0 Å². The summed E-state index contributed by atoms with van der Waals surface area (Å²) < 4.78 is 25.5. The molecular formula is C28H32FN3O4. The fraction of sp³-hybridized carbons (Fsp3) is 0.393. The van der Waals surface area contributed by atoms with E-state index in [-0.39, 0.29) is 41.7 Å². The van der Waals surface area contributed by atoms with Gasteiger partial charge in [0.05, 0.1) is 6.04 Å². The van der Waals surface area contributed by atoms with Crippen LogP contribution in [0.2, 0.25) is 0 Å². The topological polar surface area (TPSA) is 84.7 Å². The van der Waals surface area contributed by atoms with Gasteiger partial charge in [-0.3, -0.25) is 9.59 Å². The highest BCUT2D eigenvalue weighted by atomic mass is 19.1. The van der Waals surface area contributed by atoms with Gasteiger partial charge in [0.15, 0.2) is 12.3 Å². The summed E-state index contributed by atoms with van der Waals surface area (Å²) in [4.78, 5) is 31.3. The Hall–Kier alpha value is -3.68. The van der Waals surface area contributed by atoms with Gasteiger partial charge in [-0.2, -0.15) is 0 Å². The van der Waals surface area contributed by atoms with Crippen LogP contribution in [0.5, 0.6) is 5.75 Å². The molecule has 0 saturated carbocycles. The first kappa shape index (κ1) is 25.4. The highest BCUT2D eigenvalue weighted by Gasteiger charge is 2.33. The summed E-state index contributed by atoms with van der Waals surface area (Å²) in [5, 5.41) is 2.80. The molecular weight excluding hydrogens is 461 g/mol. The minimum absolute atomic E-state index is 0.0179. The van der Waals surface area contributed by atoms with Gasteiger partial charge in [-0.15, -0.1) is 0 Å². The number of hydrogen-bond donors (Lipinski definition) is 1. The first-order chi connectivity index (χ1) is 17.2. The van der Waals surface area contributed by atoms with Crippen molar-refractivity contribution >= 4 is 11.8 Å². The number of nitrogens with zero attached hydrogens (tertiary/aromatic N) is 2. The lowest BCUT2D eigenvalue weighted by Crippen LogP contribution is -2.42. The van der Waals surface area contributed by atoms with E-state index >= 15 is 0 Å². The minimum Gasteiger partial charge on any atom is -0.484 e. The Bertz CT molecular complexity index is 1240. The molecule has 0 unspecified atom stereocenters. The summed E-state index contributed by atoms with van der Waals surface area (Å²) >= 11 is 0. The average molecular weight is 494 g/mol. The lowest BCUT2D eigenvalue weighted by molar-refractivity contribution is -0.136. The summed E-state index contributed by atoms with van der Waals surface area (Å²) in [5.74, 6) is 0.374. The first-order valence-corrected chi connectivity index (χ1v) is 12.3. The van der Waals surface area contributed by atoms with Gasteiger partial charge in [0.2, 0.25) is 11.8 Å². The number of aromatic nitrogens is 1. The molecule has 7 nitrogen and oxygen atoms in total. The zero-order valence-corrected chi connectivity index (χ0v) is 21.1. The van der Waals surface area contributed by atoms with Gasteiger partial charge >= 0.3 is 0 Å². The van der Waals surface area contributed by atoms with Gasteiger partial charge in [0.25, 0.3) is 5.91 Å². The predicted octanol–water partition coefficient (Wildman–Crippen LogP) is 4.91. The second-order valence-corrected chi connectivity index (χ2v) is 9.77. The summed E-state index contributed by atoms with van der Waals surface area (Å²) in [6.07, 6.45) is 2.02. The van der Waals surface area contributed by atoms with Crippen LogP contribution in [0.15, 0.2) is 53.1 Å². The number of carbonyl (C=O) groups is 2. The highest BCUT2D eigenvalue weighted by molar-refractivity contribution is 5.91. The van der Waals surface area contributed by atoms with E-state index in [1.807, 2.05) is 56.9 Å². The van der Waals surface area contributed by atoms with Crippen molar-refractivity contribution in [1.82, 2.24) is 15.2 Å². The lowest BCUT2D eigenvalue weighted by Gasteiger charge is -2.39. The van der Waals surface area contributed by atoms with E-state index in [2.05, 4.69) is 10.3 Å². The second-order valence-electron chi connectivity index (χ2n) is 9.77. The van der Waals surface area contributed by atoms with Gasteiger partial charge in [-0.05, 0) is 53.3 Å². The maximum Gasteiger partial charge on any atom is 0.273 e. The van der Waals surface area contributed by atoms with Crippen molar-refractivity contribution in [2.45, 2.75) is 46.8 Å². The maximum absolute atomic E-state index is 14.1. The molecule has 0 aliphatic carbocycles. The first-order valence-electron chi connectivity index (χ1n) is 12.3. The molecule has 2 aromatic carbocycles. The maximum atomic E-state index is 14.1. The van der Waals surface area contributed by atoms with Crippen molar-refractivity contribution in [3.05, 3.63) is 82.8 Å². The van der Waals surface area contributed by atoms with Crippen LogP contribution in [0.25, 0.3) is 0 Å². The number of benzene rings is 2. The molecule has 0 bridgehead atoms. The Morgan fingerprint density at radius 3 is 2.72 bits per heavy atom. The number of fused-ring (bicyclic) bond motifs is 1. The van der Waals surface area contributed by atoms with Crippen LogP contribution in [0, 0.1) is 17.7 Å². The van der Waals surface area contributed by atoms with Crippen LogP contribution < -0.4 is 10.1 Å². The summed E-state index contributed by atoms with van der Waals surface area (Å²) in [6, 6.07) is 11.7. The van der Waals surface area contributed by atoms with E-state index in [1.54, 1.807) is 6.07 Å². The Labute approximate surface area is 210 Å². The van der Waals surface area contributed by atoms with Crippen molar-refractivity contribution in [2.75, 3.05) is 13.1 Å². The molecule has 1 atom stereocenters. The van der Waals surface area contributed by atoms with Crippen LogP contribution in [-0.4, -0.2) is 34.8 Å². The number of hydrogen-bond acceptors (Lipinski definition) is 5. The average Bonchev–Trinajstić information content (AvgIpc) is 3.34. The zero-order valence-electron chi connectivity index (χ0n) is 21.1. The third-order valence-electron chi connectivity index (χ3n) is 6.10. The van der Waals surface area contributed by atoms with Crippen molar-refractivity contribution in [1.29, 1.82) is 0 Å². The fourth-order valence-electron chi connectivity index (χ4n) is 4.30. The van der Waals surface area contributed by atoms with Crippen LogP contribution in [0.1, 0.15) is 66.8 Å². The molecule has 0 fully saturated rings. The summed E-state index contributed by atoms with van der Waals surface area (Å²) in [5.41, 5.74) is 2.91. The molecule has 190 valence electrons. The van der Waals surface area contributed by atoms with Gasteiger partial charge in [-0.25, -0.2) is 9.37 Å². The Kier molecular flexibility index (Phi) is 7.72. The molecule has 2 heterocycles. The molecule has 36 heavy (non-hydrogen) atoms. The summed E-state index contributed by atoms with van der Waals surface area (Å²) in [6.45, 7) is 8.91. The van der Waals surface area contributed by atoms with Crippen LogP contribution in [0.3, 0.4) is 0 Å². The molecule has 0 spiro atoms. The number of carbonyl (C=O) groups excluding carboxylic acids is 2. The van der Waals surface area contributed by atoms with E-state index in [9.17, 15) is 14.0 Å². The number of nitrogens with one attached hydrogen (secondary N) is 1. The Morgan fingerprint density at radius 2 is 2.00 bits per heavy atom. The van der Waals surface area contributed by atoms with E-state index in [0.29, 0.717) is 36.7 Å². The Balaban J connectivity index is 1.56. The standard InChI is InChI=1S/C28H32FN3O4/c1-17(2)14-30-27(33)24-15-36-25(31-24)16-35-22-9-8-19-10-11-32(28(34)18(3)4)26(23(19)13-22)20-6-5-7-21(29)12-20/h5-9,12-13,15,17-18,26H,10-11,14,16H2,1-4H3,(H,30,33)/t26-/m1/s1. The Morgan fingerprint density at radius 1 is 1.19 bits per heavy atom.